The van der Waals surface area contributed by atoms with Crippen LogP contribution in [0.2, 0.25) is 0 Å². The highest BCUT2D eigenvalue weighted by atomic mass is 127. The molecule has 1 N–H and O–H groups in total. The number of aliphatic hydroxyl groups is 1. The Hall–Kier alpha value is 0.340. The van der Waals surface area contributed by atoms with Crippen molar-refractivity contribution >= 4 is 7.26 Å². The van der Waals surface area contributed by atoms with Crippen LogP contribution >= 0.6 is 7.26 Å². The van der Waals surface area contributed by atoms with E-state index in [9.17, 15) is 5.11 Å². The van der Waals surface area contributed by atoms with Crippen LogP contribution in [0, 0.1) is 5.41 Å². The van der Waals surface area contributed by atoms with Crippen molar-refractivity contribution in [2.45, 2.75) is 59.7 Å². The summed E-state index contributed by atoms with van der Waals surface area (Å²) in [6.07, 6.45) is 4.46. The van der Waals surface area contributed by atoms with Crippen molar-refractivity contribution in [3.05, 3.63) is 35.9 Å². The molecule has 0 saturated heterocycles. The average Bonchev–Trinajstić information content (AvgIpc) is 2.49. The predicted octanol–water partition coefficient (Wildman–Crippen LogP) is 2.09. The van der Waals surface area contributed by atoms with Crippen molar-refractivity contribution < 1.29 is 29.1 Å². The van der Waals surface area contributed by atoms with E-state index in [2.05, 4.69) is 71.9 Å². The first-order chi connectivity index (χ1) is 9.83. The maximum atomic E-state index is 11.1. The summed E-state index contributed by atoms with van der Waals surface area (Å²) in [6, 6.07) is 10.6. The van der Waals surface area contributed by atoms with Gasteiger partial charge in [-0.05, 0) is 45.1 Å². The fourth-order valence-corrected chi connectivity index (χ4v) is 7.79. The first kappa shape index (κ1) is 22.3. The zero-order chi connectivity index (χ0) is 16.1. The zero-order valence-electron chi connectivity index (χ0n) is 15.1. The molecule has 0 unspecified atom stereocenters. The molecular weight excluding hydrogens is 402 g/mol. The van der Waals surface area contributed by atoms with Gasteiger partial charge in [-0.2, -0.15) is 0 Å². The van der Waals surface area contributed by atoms with Gasteiger partial charge in [0.1, 0.15) is 0 Å². The summed E-state index contributed by atoms with van der Waals surface area (Å²) in [5, 5.41) is 11.1. The normalized spacial score (nSPS) is 15.0. The topological polar surface area (TPSA) is 20.2 Å². The number of aliphatic hydroxyl groups excluding tert-OH is 1. The summed E-state index contributed by atoms with van der Waals surface area (Å²) >= 11 is 0. The highest BCUT2D eigenvalue weighted by Gasteiger charge is 2.46. The summed E-state index contributed by atoms with van der Waals surface area (Å²) in [7, 11) is -1.04. The highest BCUT2D eigenvalue weighted by Crippen LogP contribution is 2.64. The Kier molecular flexibility index (Phi) is 9.74. The third-order valence-electron chi connectivity index (χ3n) is 5.51. The molecule has 128 valence electrons. The van der Waals surface area contributed by atoms with E-state index in [0.717, 1.165) is 6.42 Å². The second-order valence-corrected chi connectivity index (χ2v) is 12.2. The van der Waals surface area contributed by atoms with Crippen molar-refractivity contribution in [3.8, 4) is 0 Å². The standard InChI is InChI=1S/C19H34OP.HI/c1-7-21(8-2,9-3)16(4)18(20)19(5,6)15-17-13-11-10-12-14-17;/h10-14,16,18,20H,7-9,15H2,1-6H3;1H/q+1;/p-1/t16-,18+;/m1./s1. The van der Waals surface area contributed by atoms with Gasteiger partial charge in [0, 0.05) is 7.26 Å². The Labute approximate surface area is 155 Å². The Bertz CT molecular complexity index is 406. The average molecular weight is 436 g/mol. The Morgan fingerprint density at radius 3 is 1.86 bits per heavy atom. The van der Waals surface area contributed by atoms with Gasteiger partial charge in [0.25, 0.3) is 0 Å². The van der Waals surface area contributed by atoms with Crippen LogP contribution in [0.25, 0.3) is 0 Å². The Morgan fingerprint density at radius 2 is 1.45 bits per heavy atom. The van der Waals surface area contributed by atoms with Gasteiger partial charge in [0.05, 0.1) is 30.2 Å². The molecular formula is C19H34IOP. The van der Waals surface area contributed by atoms with E-state index < -0.39 is 7.26 Å². The fourth-order valence-electron chi connectivity index (χ4n) is 3.71. The van der Waals surface area contributed by atoms with Crippen molar-refractivity contribution in [1.29, 1.82) is 0 Å². The third kappa shape index (κ3) is 5.18. The third-order valence-corrected chi connectivity index (χ3v) is 11.3. The lowest BCUT2D eigenvalue weighted by atomic mass is 9.79. The zero-order valence-corrected chi connectivity index (χ0v) is 18.2. The quantitative estimate of drug-likeness (QED) is 0.489. The summed E-state index contributed by atoms with van der Waals surface area (Å²) in [6.45, 7) is 13.7. The van der Waals surface area contributed by atoms with E-state index in [1.165, 1.54) is 24.0 Å². The largest absolute Gasteiger partial charge is 1.00 e. The van der Waals surface area contributed by atoms with Crippen molar-refractivity contribution in [2.75, 3.05) is 18.5 Å². The van der Waals surface area contributed by atoms with Gasteiger partial charge >= 0.3 is 0 Å². The van der Waals surface area contributed by atoms with Gasteiger partial charge in [0.2, 0.25) is 0 Å². The minimum Gasteiger partial charge on any atom is -1.00 e. The van der Waals surface area contributed by atoms with Gasteiger partial charge in [-0.15, -0.1) is 0 Å². The van der Waals surface area contributed by atoms with Crippen molar-refractivity contribution in [1.82, 2.24) is 0 Å². The monoisotopic (exact) mass is 436 g/mol. The maximum absolute atomic E-state index is 11.1. The van der Waals surface area contributed by atoms with Crippen LogP contribution in [-0.2, 0) is 6.42 Å². The number of hydrogen-bond donors (Lipinski definition) is 1. The van der Waals surface area contributed by atoms with Crippen LogP contribution in [-0.4, -0.2) is 35.4 Å². The second-order valence-electron chi connectivity index (χ2n) is 7.00. The second kappa shape index (κ2) is 9.59. The Morgan fingerprint density at radius 1 is 1.00 bits per heavy atom. The van der Waals surface area contributed by atoms with E-state index in [1.807, 2.05) is 0 Å². The molecule has 0 aliphatic heterocycles. The van der Waals surface area contributed by atoms with E-state index >= 15 is 0 Å². The molecule has 0 bridgehead atoms. The SMILES string of the molecule is CC[P+](CC)(CC)[C@H](C)[C@H](O)C(C)(C)Cc1ccccc1.[I-]. The smallest absolute Gasteiger partial charge is 0.0953 e. The highest BCUT2D eigenvalue weighted by molar-refractivity contribution is 7.76. The molecule has 0 radical (unpaired) electrons. The van der Waals surface area contributed by atoms with Crippen LogP contribution in [0.1, 0.15) is 47.1 Å². The molecule has 0 fully saturated rings. The lowest BCUT2D eigenvalue weighted by molar-refractivity contribution is -0.00000624. The molecule has 1 aromatic rings. The minimum absolute atomic E-state index is 0. The van der Waals surface area contributed by atoms with Gasteiger partial charge in [-0.1, -0.05) is 44.2 Å². The molecule has 1 aromatic carbocycles. The first-order valence-electron chi connectivity index (χ1n) is 8.40. The molecule has 0 amide bonds. The van der Waals surface area contributed by atoms with Crippen LogP contribution in [0.5, 0.6) is 0 Å². The molecule has 0 aromatic heterocycles. The first-order valence-corrected chi connectivity index (χ1v) is 10.8. The van der Waals surface area contributed by atoms with Gasteiger partial charge < -0.3 is 29.1 Å². The van der Waals surface area contributed by atoms with E-state index in [4.69, 9.17) is 0 Å². The minimum atomic E-state index is -1.04. The molecule has 3 heteroatoms. The number of benzene rings is 1. The molecule has 2 atom stereocenters. The summed E-state index contributed by atoms with van der Waals surface area (Å²) < 4.78 is 0. The number of hydrogen-bond acceptors (Lipinski definition) is 1. The van der Waals surface area contributed by atoms with Crippen LogP contribution < -0.4 is 24.0 Å². The molecule has 0 aliphatic carbocycles. The van der Waals surface area contributed by atoms with Crippen LogP contribution in [0.3, 0.4) is 0 Å². The van der Waals surface area contributed by atoms with E-state index in [0.29, 0.717) is 5.66 Å². The lowest BCUT2D eigenvalue weighted by Crippen LogP contribution is -3.00. The fraction of sp³-hybridized carbons (Fsp3) is 0.684. The molecule has 0 heterocycles. The van der Waals surface area contributed by atoms with Crippen molar-refractivity contribution in [3.63, 3.8) is 0 Å². The summed E-state index contributed by atoms with van der Waals surface area (Å²) in [5.74, 6) is 0. The predicted molar refractivity (Wildman–Crippen MR) is 97.9 cm³/mol. The maximum Gasteiger partial charge on any atom is 0.0953 e. The molecule has 1 nitrogen and oxygen atoms in total. The summed E-state index contributed by atoms with van der Waals surface area (Å²) in [4.78, 5) is 0. The molecule has 0 saturated carbocycles. The Balaban J connectivity index is 0.00000441. The van der Waals surface area contributed by atoms with Crippen LogP contribution in [0.15, 0.2) is 30.3 Å². The van der Waals surface area contributed by atoms with Gasteiger partial charge in [-0.25, -0.2) is 0 Å². The molecule has 0 spiro atoms. The molecule has 1 rings (SSSR count). The lowest BCUT2D eigenvalue weighted by Gasteiger charge is -2.40. The van der Waals surface area contributed by atoms with Crippen molar-refractivity contribution in [2.24, 2.45) is 5.41 Å². The number of halogens is 1. The summed E-state index contributed by atoms with van der Waals surface area (Å²) in [5.41, 5.74) is 1.67. The van der Waals surface area contributed by atoms with E-state index in [1.54, 1.807) is 0 Å². The number of rotatable bonds is 8. The molecule has 22 heavy (non-hydrogen) atoms. The van der Waals surface area contributed by atoms with Gasteiger partial charge in [0.15, 0.2) is 0 Å². The molecule has 0 aliphatic rings. The van der Waals surface area contributed by atoms with E-state index in [-0.39, 0.29) is 35.5 Å². The van der Waals surface area contributed by atoms with Crippen LogP contribution in [0.4, 0.5) is 0 Å². The van der Waals surface area contributed by atoms with Gasteiger partial charge in [-0.3, -0.25) is 0 Å².